The molecular weight excluding hydrogens is 418 g/mol. The van der Waals surface area contributed by atoms with Crippen LogP contribution >= 0.6 is 0 Å². The van der Waals surface area contributed by atoms with Crippen LogP contribution in [0.25, 0.3) is 0 Å². The number of carbonyl (C=O) groups excluding carboxylic acids is 3. The number of para-hydroxylation sites is 1. The minimum Gasteiger partial charge on any atom is -0.368 e. The zero-order valence-corrected chi connectivity index (χ0v) is 18.1. The topological polar surface area (TPSA) is 94.6 Å². The average molecular weight is 444 g/mol. The third-order valence-corrected chi connectivity index (χ3v) is 5.46. The Morgan fingerprint density at radius 2 is 1.58 bits per heavy atom. The van der Waals surface area contributed by atoms with Crippen LogP contribution in [0.5, 0.6) is 0 Å². The van der Waals surface area contributed by atoms with E-state index in [-0.39, 0.29) is 24.3 Å². The van der Waals surface area contributed by atoms with E-state index in [0.717, 1.165) is 18.8 Å². The highest BCUT2D eigenvalue weighted by molar-refractivity contribution is 6.05. The van der Waals surface area contributed by atoms with Gasteiger partial charge < -0.3 is 20.4 Å². The van der Waals surface area contributed by atoms with E-state index >= 15 is 0 Å². The zero-order chi connectivity index (χ0) is 23.0. The average Bonchev–Trinajstić information content (AvgIpc) is 2.88. The van der Waals surface area contributed by atoms with Crippen molar-refractivity contribution in [2.75, 3.05) is 42.9 Å². The van der Waals surface area contributed by atoms with Crippen LogP contribution in [0.1, 0.15) is 20.7 Å². The maximum absolute atomic E-state index is 12.6. The quantitative estimate of drug-likeness (QED) is 0.610. The molecule has 2 heterocycles. The van der Waals surface area contributed by atoms with Crippen LogP contribution < -0.4 is 15.5 Å². The summed E-state index contributed by atoms with van der Waals surface area (Å²) in [5.41, 5.74) is 2.42. The number of rotatable bonds is 6. The van der Waals surface area contributed by atoms with Gasteiger partial charge in [-0.15, -0.1) is 0 Å². The Labute approximate surface area is 192 Å². The first kappa shape index (κ1) is 22.0. The lowest BCUT2D eigenvalue weighted by Crippen LogP contribution is -2.51. The van der Waals surface area contributed by atoms with Crippen molar-refractivity contribution in [3.05, 3.63) is 90.3 Å². The Kier molecular flexibility index (Phi) is 6.94. The Balaban J connectivity index is 1.27. The lowest BCUT2D eigenvalue weighted by molar-refractivity contribution is -0.130. The first-order chi connectivity index (χ1) is 16.1. The first-order valence-electron chi connectivity index (χ1n) is 10.8. The van der Waals surface area contributed by atoms with Crippen LogP contribution in [0.4, 0.5) is 11.4 Å². The molecule has 0 bridgehead atoms. The standard InChI is InChI=1S/C25H25N5O3/c31-23(30-14-12-29(13-15-30)22-9-2-1-3-10-22)18-27-24(32)19-6-4-8-21(16-19)28-25(33)20-7-5-11-26-17-20/h1-11,16-17H,12-15,18H2,(H,27,32)(H,28,33). The van der Waals surface area contributed by atoms with Crippen molar-refractivity contribution >= 4 is 29.1 Å². The molecule has 1 aromatic heterocycles. The van der Waals surface area contributed by atoms with Gasteiger partial charge >= 0.3 is 0 Å². The summed E-state index contributed by atoms with van der Waals surface area (Å²) < 4.78 is 0. The highest BCUT2D eigenvalue weighted by Crippen LogP contribution is 2.16. The lowest BCUT2D eigenvalue weighted by atomic mass is 10.1. The number of anilines is 2. The van der Waals surface area contributed by atoms with Crippen molar-refractivity contribution in [2.24, 2.45) is 0 Å². The van der Waals surface area contributed by atoms with Gasteiger partial charge in [0.2, 0.25) is 5.91 Å². The number of nitrogens with zero attached hydrogens (tertiary/aromatic N) is 3. The van der Waals surface area contributed by atoms with Crippen LogP contribution in [0.15, 0.2) is 79.1 Å². The van der Waals surface area contributed by atoms with E-state index in [9.17, 15) is 14.4 Å². The fraction of sp³-hybridized carbons (Fsp3) is 0.200. The zero-order valence-electron chi connectivity index (χ0n) is 18.1. The van der Waals surface area contributed by atoms with Crippen molar-refractivity contribution < 1.29 is 14.4 Å². The molecule has 3 amide bonds. The number of amides is 3. The molecule has 2 aromatic carbocycles. The molecule has 0 radical (unpaired) electrons. The molecule has 8 nitrogen and oxygen atoms in total. The van der Waals surface area contributed by atoms with Gasteiger partial charge in [-0.25, -0.2) is 0 Å². The Morgan fingerprint density at radius 1 is 0.818 bits per heavy atom. The molecule has 1 aliphatic heterocycles. The van der Waals surface area contributed by atoms with Gasteiger partial charge in [0, 0.05) is 55.5 Å². The number of benzene rings is 2. The summed E-state index contributed by atoms with van der Waals surface area (Å²) in [5, 5.41) is 5.43. The summed E-state index contributed by atoms with van der Waals surface area (Å²) in [7, 11) is 0. The number of piperazine rings is 1. The molecule has 33 heavy (non-hydrogen) atoms. The largest absolute Gasteiger partial charge is 0.368 e. The summed E-state index contributed by atoms with van der Waals surface area (Å²) >= 11 is 0. The third kappa shape index (κ3) is 5.74. The molecule has 0 unspecified atom stereocenters. The van der Waals surface area contributed by atoms with E-state index in [1.807, 2.05) is 18.2 Å². The van der Waals surface area contributed by atoms with Crippen molar-refractivity contribution in [1.82, 2.24) is 15.2 Å². The van der Waals surface area contributed by atoms with Crippen LogP contribution in [0.3, 0.4) is 0 Å². The maximum Gasteiger partial charge on any atom is 0.257 e. The fourth-order valence-corrected chi connectivity index (χ4v) is 3.66. The summed E-state index contributed by atoms with van der Waals surface area (Å²) in [6.07, 6.45) is 3.06. The number of hydrogen-bond donors (Lipinski definition) is 2. The van der Waals surface area contributed by atoms with Crippen molar-refractivity contribution in [3.8, 4) is 0 Å². The fourth-order valence-electron chi connectivity index (χ4n) is 3.66. The van der Waals surface area contributed by atoms with E-state index in [4.69, 9.17) is 0 Å². The first-order valence-corrected chi connectivity index (χ1v) is 10.8. The smallest absolute Gasteiger partial charge is 0.257 e. The van der Waals surface area contributed by atoms with Crippen molar-refractivity contribution in [2.45, 2.75) is 0 Å². The molecule has 0 atom stereocenters. The van der Waals surface area contributed by atoms with Crippen LogP contribution in [0.2, 0.25) is 0 Å². The van der Waals surface area contributed by atoms with Gasteiger partial charge in [-0.1, -0.05) is 24.3 Å². The maximum atomic E-state index is 12.6. The summed E-state index contributed by atoms with van der Waals surface area (Å²) in [4.78, 5) is 45.4. The normalized spacial score (nSPS) is 13.3. The van der Waals surface area contributed by atoms with Gasteiger partial charge in [0.15, 0.2) is 0 Å². The summed E-state index contributed by atoms with van der Waals surface area (Å²) in [5.74, 6) is -0.800. The van der Waals surface area contributed by atoms with Gasteiger partial charge in [-0.3, -0.25) is 19.4 Å². The van der Waals surface area contributed by atoms with E-state index in [0.29, 0.717) is 29.9 Å². The Bertz CT molecular complexity index is 1110. The van der Waals surface area contributed by atoms with Crippen molar-refractivity contribution in [1.29, 1.82) is 0 Å². The monoisotopic (exact) mass is 443 g/mol. The molecular formula is C25H25N5O3. The molecule has 2 N–H and O–H groups in total. The van der Waals surface area contributed by atoms with Crippen molar-refractivity contribution in [3.63, 3.8) is 0 Å². The summed E-state index contributed by atoms with van der Waals surface area (Å²) in [6.45, 7) is 2.65. The predicted molar refractivity (Wildman–Crippen MR) is 126 cm³/mol. The molecule has 0 saturated carbocycles. The van der Waals surface area contributed by atoms with E-state index in [1.165, 1.54) is 6.20 Å². The molecule has 1 fully saturated rings. The Morgan fingerprint density at radius 3 is 2.30 bits per heavy atom. The van der Waals surface area contributed by atoms with Gasteiger partial charge in [0.1, 0.15) is 0 Å². The Hall–Kier alpha value is -4.20. The SMILES string of the molecule is O=C(NCC(=O)N1CCN(c2ccccc2)CC1)c1cccc(NC(=O)c2cccnc2)c1. The molecule has 1 aliphatic rings. The second kappa shape index (κ2) is 10.4. The number of carbonyl (C=O) groups is 3. The van der Waals surface area contributed by atoms with Gasteiger partial charge in [-0.2, -0.15) is 0 Å². The lowest BCUT2D eigenvalue weighted by Gasteiger charge is -2.36. The highest BCUT2D eigenvalue weighted by Gasteiger charge is 2.21. The van der Waals surface area contributed by atoms with Crippen LogP contribution in [0, 0.1) is 0 Å². The number of hydrogen-bond acceptors (Lipinski definition) is 5. The van der Waals surface area contributed by atoms with Gasteiger partial charge in [-0.05, 0) is 42.5 Å². The van der Waals surface area contributed by atoms with E-state index in [1.54, 1.807) is 47.5 Å². The molecule has 0 aliphatic carbocycles. The molecule has 8 heteroatoms. The third-order valence-electron chi connectivity index (χ3n) is 5.46. The molecule has 4 rings (SSSR count). The minimum absolute atomic E-state index is 0.0730. The highest BCUT2D eigenvalue weighted by atomic mass is 16.2. The second-order valence-electron chi connectivity index (χ2n) is 7.66. The molecule has 1 saturated heterocycles. The number of pyridine rings is 1. The summed E-state index contributed by atoms with van der Waals surface area (Å²) in [6, 6.07) is 20.0. The number of nitrogens with one attached hydrogen (secondary N) is 2. The minimum atomic E-state index is -0.372. The van der Waals surface area contributed by atoms with Gasteiger partial charge in [0.25, 0.3) is 11.8 Å². The van der Waals surface area contributed by atoms with E-state index < -0.39 is 0 Å². The van der Waals surface area contributed by atoms with Crippen LogP contribution in [-0.2, 0) is 4.79 Å². The van der Waals surface area contributed by atoms with Crippen LogP contribution in [-0.4, -0.2) is 60.3 Å². The van der Waals surface area contributed by atoms with E-state index in [2.05, 4.69) is 32.7 Å². The van der Waals surface area contributed by atoms with Gasteiger partial charge in [0.05, 0.1) is 12.1 Å². The second-order valence-corrected chi connectivity index (χ2v) is 7.66. The molecule has 3 aromatic rings. The molecule has 168 valence electrons. The predicted octanol–water partition coefficient (Wildman–Crippen LogP) is 2.41. The number of aromatic nitrogens is 1. The molecule has 0 spiro atoms.